The first-order chi connectivity index (χ1) is 21.0. The van der Waals surface area contributed by atoms with E-state index in [9.17, 15) is 4.39 Å². The number of nitrogens with zero attached hydrogens (tertiary/aromatic N) is 4. The number of imidazole rings is 1. The van der Waals surface area contributed by atoms with E-state index in [1.807, 2.05) is 64.5 Å². The van der Waals surface area contributed by atoms with Crippen molar-refractivity contribution in [1.82, 2.24) is 35.5 Å². The Morgan fingerprint density at radius 2 is 1.79 bits per heavy atom. The molecule has 4 aromatic heterocycles. The molecule has 0 fully saturated rings. The van der Waals surface area contributed by atoms with Crippen LogP contribution in [0.25, 0.3) is 52.0 Å². The average molecular weight is 580 g/mol. The summed E-state index contributed by atoms with van der Waals surface area (Å²) < 4.78 is 14.3. The maximum Gasteiger partial charge on any atom is 0.178 e. The molecule has 1 aromatic carbocycles. The lowest BCUT2D eigenvalue weighted by Gasteiger charge is -2.07. The number of rotatable bonds is 7. The summed E-state index contributed by atoms with van der Waals surface area (Å²) in [6, 6.07) is 9.01. The van der Waals surface area contributed by atoms with Gasteiger partial charge in [-0.15, -0.1) is 26.3 Å². The molecule has 0 amide bonds. The van der Waals surface area contributed by atoms with Crippen LogP contribution < -0.4 is 15.9 Å². The number of aromatic nitrogens is 6. The van der Waals surface area contributed by atoms with E-state index in [-0.39, 0.29) is 5.82 Å². The molecule has 7 nitrogen and oxygen atoms in total. The third kappa shape index (κ3) is 8.30. The minimum atomic E-state index is -0.291. The van der Waals surface area contributed by atoms with Crippen LogP contribution in [0.1, 0.15) is 44.4 Å². The number of aromatic amines is 2. The van der Waals surface area contributed by atoms with Crippen LogP contribution in [-0.4, -0.2) is 37.2 Å². The average Bonchev–Trinajstić information content (AvgIpc) is 3.65. The lowest BCUT2D eigenvalue weighted by atomic mass is 10.0. The molecule has 0 aliphatic rings. The first-order valence-electron chi connectivity index (χ1n) is 14.1. The van der Waals surface area contributed by atoms with Crippen molar-refractivity contribution in [2.45, 2.75) is 40.7 Å². The molecule has 43 heavy (non-hydrogen) atoms. The maximum absolute atomic E-state index is 14.3. The first-order valence-corrected chi connectivity index (χ1v) is 14.1. The summed E-state index contributed by atoms with van der Waals surface area (Å²) in [6.07, 6.45) is 10.3. The molecule has 0 bridgehead atoms. The van der Waals surface area contributed by atoms with E-state index in [0.717, 1.165) is 39.6 Å². The van der Waals surface area contributed by atoms with Gasteiger partial charge in [0.2, 0.25) is 0 Å². The normalized spacial score (nSPS) is 11.1. The van der Waals surface area contributed by atoms with Crippen molar-refractivity contribution in [2.75, 3.05) is 7.05 Å². The molecule has 0 saturated carbocycles. The van der Waals surface area contributed by atoms with Crippen LogP contribution in [0.3, 0.4) is 0 Å². The number of nitrogens with one attached hydrogen (secondary N) is 3. The molecule has 8 heteroatoms. The summed E-state index contributed by atoms with van der Waals surface area (Å²) in [7, 11) is 1.83. The minimum Gasteiger partial charge on any atom is -0.335 e. The number of benzene rings is 1. The van der Waals surface area contributed by atoms with E-state index in [2.05, 4.69) is 81.3 Å². The van der Waals surface area contributed by atoms with Crippen molar-refractivity contribution in [1.29, 1.82) is 0 Å². The largest absolute Gasteiger partial charge is 0.335 e. The van der Waals surface area contributed by atoms with Crippen molar-refractivity contribution >= 4 is 29.4 Å². The molecule has 0 saturated heterocycles. The van der Waals surface area contributed by atoms with Crippen LogP contribution in [0, 0.1) is 5.82 Å². The van der Waals surface area contributed by atoms with E-state index < -0.39 is 0 Å². The number of hydrogen-bond acceptors (Lipinski definition) is 5. The van der Waals surface area contributed by atoms with Crippen LogP contribution in [0.4, 0.5) is 4.39 Å². The van der Waals surface area contributed by atoms with Crippen LogP contribution in [0.5, 0.6) is 0 Å². The highest BCUT2D eigenvalue weighted by atomic mass is 19.1. The second kappa shape index (κ2) is 17.1. The topological polar surface area (TPSA) is 95.2 Å². The number of H-pyrrole nitrogens is 2. The van der Waals surface area contributed by atoms with Gasteiger partial charge in [-0.05, 0) is 84.6 Å². The lowest BCUT2D eigenvalue weighted by molar-refractivity contribution is 0.624. The minimum absolute atomic E-state index is 0.291. The standard InChI is InChI=1S/C29H28FN7.C2H6.2C2H4/c1-5-19-10-22(16-32-15-19)17(2)6-7-25-18(3)26(37-36-25)29-34-27-24(8-9-33-28(27)35-29)21-11-20(14-31-4)12-23(30)13-21;3*1-2/h6-13,15-16,31,36H,3,5,14H2,1-2,4H3,(H,33,34,35);1-2H3;2*1-2H2/b17-6+,25-7+;;;. The fourth-order valence-corrected chi connectivity index (χ4v) is 4.29. The summed E-state index contributed by atoms with van der Waals surface area (Å²) >= 11 is 0. The third-order valence-electron chi connectivity index (χ3n) is 6.32. The Kier molecular flexibility index (Phi) is 13.6. The lowest BCUT2D eigenvalue weighted by Crippen LogP contribution is -2.21. The molecule has 224 valence electrons. The van der Waals surface area contributed by atoms with Crippen molar-refractivity contribution in [3.8, 4) is 22.6 Å². The van der Waals surface area contributed by atoms with E-state index in [1.165, 1.54) is 17.7 Å². The Hall–Kier alpha value is -4.95. The van der Waals surface area contributed by atoms with Gasteiger partial charge in [-0.25, -0.2) is 14.4 Å². The van der Waals surface area contributed by atoms with Crippen LogP contribution in [0.2, 0.25) is 0 Å². The molecule has 5 rings (SSSR count). The Balaban J connectivity index is 0.00000101. The third-order valence-corrected chi connectivity index (χ3v) is 6.32. The summed E-state index contributed by atoms with van der Waals surface area (Å²) in [5.41, 5.74) is 7.62. The number of hydrogen-bond donors (Lipinski definition) is 3. The van der Waals surface area contributed by atoms with Gasteiger partial charge in [-0.3, -0.25) is 10.1 Å². The highest BCUT2D eigenvalue weighted by Gasteiger charge is 2.15. The number of fused-ring (bicyclic) bond motifs is 1. The van der Waals surface area contributed by atoms with Crippen molar-refractivity contribution in [3.05, 3.63) is 114 Å². The molecular weight excluding hydrogens is 537 g/mol. The molecule has 0 aliphatic carbocycles. The summed E-state index contributed by atoms with van der Waals surface area (Å²) in [6.45, 7) is 25.0. The van der Waals surface area contributed by atoms with E-state index >= 15 is 0 Å². The van der Waals surface area contributed by atoms with E-state index in [0.29, 0.717) is 34.4 Å². The Morgan fingerprint density at radius 1 is 1.05 bits per heavy atom. The fourth-order valence-electron chi connectivity index (χ4n) is 4.29. The van der Waals surface area contributed by atoms with Gasteiger partial charge in [0.25, 0.3) is 0 Å². The fraction of sp³-hybridized carbons (Fsp3) is 0.200. The molecule has 0 atom stereocenters. The zero-order valence-corrected chi connectivity index (χ0v) is 25.9. The Morgan fingerprint density at radius 3 is 2.49 bits per heavy atom. The van der Waals surface area contributed by atoms with Crippen LogP contribution in [-0.2, 0) is 13.0 Å². The number of pyridine rings is 2. The molecular formula is C35H42FN7. The number of allylic oxidation sites excluding steroid dienone is 2. The van der Waals surface area contributed by atoms with Gasteiger partial charge in [0, 0.05) is 35.9 Å². The van der Waals surface area contributed by atoms with Gasteiger partial charge >= 0.3 is 0 Å². The van der Waals surface area contributed by atoms with Gasteiger partial charge in [-0.1, -0.05) is 33.4 Å². The van der Waals surface area contributed by atoms with E-state index in [4.69, 9.17) is 0 Å². The molecule has 0 aliphatic heterocycles. The van der Waals surface area contributed by atoms with Crippen LogP contribution in [0.15, 0.2) is 81.3 Å². The Bertz CT molecular complexity index is 1760. The second-order valence-electron chi connectivity index (χ2n) is 8.94. The monoisotopic (exact) mass is 579 g/mol. The molecule has 3 N–H and O–H groups in total. The zero-order chi connectivity index (χ0) is 31.9. The van der Waals surface area contributed by atoms with Crippen LogP contribution >= 0.6 is 0 Å². The molecule has 0 spiro atoms. The van der Waals surface area contributed by atoms with Gasteiger partial charge in [0.05, 0.1) is 10.9 Å². The first kappa shape index (κ1) is 34.3. The highest BCUT2D eigenvalue weighted by Crippen LogP contribution is 2.29. The predicted molar refractivity (Wildman–Crippen MR) is 180 cm³/mol. The predicted octanol–water partition coefficient (Wildman–Crippen LogP) is 6.76. The maximum atomic E-state index is 14.3. The second-order valence-corrected chi connectivity index (χ2v) is 8.94. The quantitative estimate of drug-likeness (QED) is 0.185. The number of halogens is 1. The molecule has 4 heterocycles. The van der Waals surface area contributed by atoms with Crippen molar-refractivity contribution in [2.24, 2.45) is 0 Å². The SMILES string of the molecule is C=C.C=C.C=c1c(-c2nc3nccc(-c4cc(F)cc(CNC)c4)c3[nH]2)n[nH]/c1=C/C=C(\C)c1cncc(CC)c1.CC. The van der Waals surface area contributed by atoms with Gasteiger partial charge in [0.15, 0.2) is 11.5 Å². The number of aryl methyl sites for hydroxylation is 1. The van der Waals surface area contributed by atoms with Crippen molar-refractivity contribution < 1.29 is 4.39 Å². The van der Waals surface area contributed by atoms with Gasteiger partial charge in [0.1, 0.15) is 11.5 Å². The van der Waals surface area contributed by atoms with Crippen molar-refractivity contribution in [3.63, 3.8) is 0 Å². The molecule has 0 unspecified atom stereocenters. The van der Waals surface area contributed by atoms with Gasteiger partial charge < -0.3 is 10.3 Å². The summed E-state index contributed by atoms with van der Waals surface area (Å²) in [5.74, 6) is 0.253. The highest BCUT2D eigenvalue weighted by molar-refractivity contribution is 5.91. The molecule has 0 radical (unpaired) electrons. The zero-order valence-electron chi connectivity index (χ0n) is 25.9. The summed E-state index contributed by atoms with van der Waals surface area (Å²) in [4.78, 5) is 16.7. The van der Waals surface area contributed by atoms with E-state index in [1.54, 1.807) is 6.20 Å². The molecule has 5 aromatic rings. The smallest absolute Gasteiger partial charge is 0.178 e. The van der Waals surface area contributed by atoms with Gasteiger partial charge in [-0.2, -0.15) is 5.10 Å². The Labute approximate surface area is 253 Å². The summed E-state index contributed by atoms with van der Waals surface area (Å²) in [5, 5.41) is 12.1.